The molecule has 0 radical (unpaired) electrons. The van der Waals surface area contributed by atoms with E-state index in [1.807, 2.05) is 25.1 Å². The van der Waals surface area contributed by atoms with E-state index in [1.165, 1.54) is 0 Å². The molecule has 1 amide bonds. The van der Waals surface area contributed by atoms with E-state index in [0.29, 0.717) is 18.7 Å². The second-order valence-electron chi connectivity index (χ2n) is 4.75. The van der Waals surface area contributed by atoms with Crippen LogP contribution in [0.5, 0.6) is 0 Å². The van der Waals surface area contributed by atoms with Crippen LogP contribution in [0.3, 0.4) is 0 Å². The first-order chi connectivity index (χ1) is 10.1. The van der Waals surface area contributed by atoms with Gasteiger partial charge in [0.05, 0.1) is 12.8 Å². The highest BCUT2D eigenvalue weighted by atomic mass is 16.3. The van der Waals surface area contributed by atoms with Gasteiger partial charge in [0.1, 0.15) is 5.76 Å². The molecule has 0 aliphatic rings. The summed E-state index contributed by atoms with van der Waals surface area (Å²) in [6.45, 7) is 2.74. The lowest BCUT2D eigenvalue weighted by Gasteiger charge is -2.16. The third-order valence-corrected chi connectivity index (χ3v) is 3.19. The summed E-state index contributed by atoms with van der Waals surface area (Å²) in [6.07, 6.45) is 1.63. The largest absolute Gasteiger partial charge is 0.469 e. The van der Waals surface area contributed by atoms with Gasteiger partial charge in [0.25, 0.3) is 5.91 Å². The number of aryl methyl sites for hydroxylation is 1. The number of nitrogens with zero attached hydrogens (tertiary/aromatic N) is 1. The van der Waals surface area contributed by atoms with Gasteiger partial charge < -0.3 is 15.1 Å². The first kappa shape index (κ1) is 14.9. The lowest BCUT2D eigenvalue weighted by Crippen LogP contribution is -2.26. The van der Waals surface area contributed by atoms with E-state index in [-0.39, 0.29) is 5.91 Å². The van der Waals surface area contributed by atoms with Gasteiger partial charge in [0, 0.05) is 30.3 Å². The zero-order chi connectivity index (χ0) is 15.2. The fourth-order valence-electron chi connectivity index (χ4n) is 1.97. The lowest BCUT2D eigenvalue weighted by atomic mass is 10.1. The number of nitrogens with two attached hydrogens (primary N) is 1. The minimum Gasteiger partial charge on any atom is -0.469 e. The highest BCUT2D eigenvalue weighted by Gasteiger charge is 2.13. The summed E-state index contributed by atoms with van der Waals surface area (Å²) in [4.78, 5) is 14.0. The molecule has 0 spiro atoms. The smallest absolute Gasteiger partial charge is 0.253 e. The van der Waals surface area contributed by atoms with Crippen LogP contribution in [-0.2, 0) is 6.54 Å². The predicted octanol–water partition coefficient (Wildman–Crippen LogP) is 2.17. The number of amides is 1. The van der Waals surface area contributed by atoms with Gasteiger partial charge in [-0.05, 0) is 37.3 Å². The average molecular weight is 282 g/mol. The van der Waals surface area contributed by atoms with Gasteiger partial charge in [-0.1, -0.05) is 11.8 Å². The van der Waals surface area contributed by atoms with Crippen molar-refractivity contribution >= 4 is 5.91 Å². The summed E-state index contributed by atoms with van der Waals surface area (Å²) in [5.41, 5.74) is 7.83. The van der Waals surface area contributed by atoms with Gasteiger partial charge in [0.15, 0.2) is 0 Å². The first-order valence-electron chi connectivity index (χ1n) is 6.69. The Morgan fingerprint density at radius 3 is 2.57 bits per heavy atom. The molecule has 2 aromatic rings. The fourth-order valence-corrected chi connectivity index (χ4v) is 1.97. The molecule has 1 aromatic heterocycles. The molecule has 0 aliphatic heterocycles. The van der Waals surface area contributed by atoms with Crippen molar-refractivity contribution in [1.29, 1.82) is 0 Å². The molecule has 108 valence electrons. The molecule has 1 heterocycles. The quantitative estimate of drug-likeness (QED) is 0.878. The summed E-state index contributed by atoms with van der Waals surface area (Å²) in [6, 6.07) is 9.09. The second kappa shape index (κ2) is 6.78. The highest BCUT2D eigenvalue weighted by Crippen LogP contribution is 2.13. The van der Waals surface area contributed by atoms with Gasteiger partial charge in [0.2, 0.25) is 0 Å². The van der Waals surface area contributed by atoms with Crippen LogP contribution < -0.4 is 5.73 Å². The van der Waals surface area contributed by atoms with Crippen molar-refractivity contribution in [3.05, 3.63) is 59.0 Å². The standard InChI is InChI=1S/C17H18N2O2/c1-13-16(9-11-21-13)12-19(2)17(20)15-7-5-14(6-8-15)4-3-10-18/h5-9,11H,10,12,18H2,1-2H3. The normalized spacial score (nSPS) is 9.86. The van der Waals surface area contributed by atoms with Crippen molar-refractivity contribution in [2.75, 3.05) is 13.6 Å². The number of benzene rings is 1. The van der Waals surface area contributed by atoms with E-state index in [0.717, 1.165) is 16.9 Å². The number of carbonyl (C=O) groups excluding carboxylic acids is 1. The van der Waals surface area contributed by atoms with Crippen molar-refractivity contribution in [2.45, 2.75) is 13.5 Å². The van der Waals surface area contributed by atoms with Crippen molar-refractivity contribution < 1.29 is 9.21 Å². The Morgan fingerprint density at radius 2 is 2.00 bits per heavy atom. The van der Waals surface area contributed by atoms with Crippen molar-refractivity contribution in [3.8, 4) is 11.8 Å². The molecule has 0 aliphatic carbocycles. The van der Waals surface area contributed by atoms with Crippen LogP contribution >= 0.6 is 0 Å². The van der Waals surface area contributed by atoms with Crippen LogP contribution in [0.2, 0.25) is 0 Å². The molecular formula is C17H18N2O2. The van der Waals surface area contributed by atoms with Crippen LogP contribution in [0.1, 0.15) is 27.2 Å². The summed E-state index contributed by atoms with van der Waals surface area (Å²) in [5, 5.41) is 0. The van der Waals surface area contributed by atoms with E-state index < -0.39 is 0 Å². The average Bonchev–Trinajstić information content (AvgIpc) is 2.90. The third kappa shape index (κ3) is 3.74. The summed E-state index contributed by atoms with van der Waals surface area (Å²) in [5.74, 6) is 6.52. The molecule has 4 nitrogen and oxygen atoms in total. The van der Waals surface area contributed by atoms with Crippen LogP contribution in [0.15, 0.2) is 41.0 Å². The molecule has 21 heavy (non-hydrogen) atoms. The van der Waals surface area contributed by atoms with E-state index >= 15 is 0 Å². The third-order valence-electron chi connectivity index (χ3n) is 3.19. The maximum Gasteiger partial charge on any atom is 0.253 e. The lowest BCUT2D eigenvalue weighted by molar-refractivity contribution is 0.0784. The molecule has 0 bridgehead atoms. The topological polar surface area (TPSA) is 59.5 Å². The maximum atomic E-state index is 12.3. The van der Waals surface area contributed by atoms with Crippen LogP contribution in [0.25, 0.3) is 0 Å². The van der Waals surface area contributed by atoms with Crippen molar-refractivity contribution in [2.24, 2.45) is 5.73 Å². The number of rotatable bonds is 3. The Morgan fingerprint density at radius 1 is 1.29 bits per heavy atom. The van der Waals surface area contributed by atoms with E-state index in [9.17, 15) is 4.79 Å². The first-order valence-corrected chi connectivity index (χ1v) is 6.69. The minimum atomic E-state index is -0.0334. The molecule has 0 saturated heterocycles. The predicted molar refractivity (Wildman–Crippen MR) is 81.6 cm³/mol. The SMILES string of the molecule is Cc1occc1CN(C)C(=O)c1ccc(C#CCN)cc1. The zero-order valence-corrected chi connectivity index (χ0v) is 12.2. The van der Waals surface area contributed by atoms with E-state index in [1.54, 1.807) is 30.3 Å². The Balaban J connectivity index is 2.07. The molecule has 0 fully saturated rings. The van der Waals surface area contributed by atoms with Crippen LogP contribution in [0.4, 0.5) is 0 Å². The molecule has 0 atom stereocenters. The van der Waals surface area contributed by atoms with E-state index in [4.69, 9.17) is 10.2 Å². The monoisotopic (exact) mass is 282 g/mol. The van der Waals surface area contributed by atoms with Crippen LogP contribution in [0, 0.1) is 18.8 Å². The Labute approximate surface area is 124 Å². The molecular weight excluding hydrogens is 264 g/mol. The van der Waals surface area contributed by atoms with Gasteiger partial charge in [-0.15, -0.1) is 0 Å². The van der Waals surface area contributed by atoms with Crippen LogP contribution in [-0.4, -0.2) is 24.4 Å². The van der Waals surface area contributed by atoms with E-state index in [2.05, 4.69) is 11.8 Å². The Hall–Kier alpha value is -2.51. The summed E-state index contributed by atoms with van der Waals surface area (Å²) >= 11 is 0. The molecule has 2 rings (SSSR count). The number of hydrogen-bond donors (Lipinski definition) is 1. The summed E-state index contributed by atoms with van der Waals surface area (Å²) in [7, 11) is 1.77. The van der Waals surface area contributed by atoms with Gasteiger partial charge in [-0.3, -0.25) is 4.79 Å². The Bertz CT molecular complexity index is 675. The fraction of sp³-hybridized carbons (Fsp3) is 0.235. The highest BCUT2D eigenvalue weighted by molar-refractivity contribution is 5.94. The van der Waals surface area contributed by atoms with Gasteiger partial charge >= 0.3 is 0 Å². The number of furan rings is 1. The maximum absolute atomic E-state index is 12.3. The number of hydrogen-bond acceptors (Lipinski definition) is 3. The molecule has 2 N–H and O–H groups in total. The molecule has 0 unspecified atom stereocenters. The molecule has 0 saturated carbocycles. The molecule has 1 aromatic carbocycles. The van der Waals surface area contributed by atoms with Gasteiger partial charge in [-0.25, -0.2) is 0 Å². The number of carbonyl (C=O) groups is 1. The summed E-state index contributed by atoms with van der Waals surface area (Å²) < 4.78 is 5.24. The molecule has 4 heteroatoms. The van der Waals surface area contributed by atoms with Gasteiger partial charge in [-0.2, -0.15) is 0 Å². The zero-order valence-electron chi connectivity index (χ0n) is 12.2. The van der Waals surface area contributed by atoms with Crippen molar-refractivity contribution in [1.82, 2.24) is 4.90 Å². The Kier molecular flexibility index (Phi) is 4.81. The minimum absolute atomic E-state index is 0.0334. The van der Waals surface area contributed by atoms with Crippen molar-refractivity contribution in [3.63, 3.8) is 0 Å². The second-order valence-corrected chi connectivity index (χ2v) is 4.75.